The van der Waals surface area contributed by atoms with Gasteiger partial charge in [0.25, 0.3) is 5.91 Å². The van der Waals surface area contributed by atoms with E-state index in [0.717, 1.165) is 18.2 Å². The molecule has 0 saturated heterocycles. The zero-order chi connectivity index (χ0) is 15.5. The average Bonchev–Trinajstić information content (AvgIpc) is 2.36. The van der Waals surface area contributed by atoms with Crippen LogP contribution in [0.5, 0.6) is 0 Å². The molecule has 0 spiro atoms. The predicted molar refractivity (Wildman–Crippen MR) is 70.1 cm³/mol. The summed E-state index contributed by atoms with van der Waals surface area (Å²) in [5.74, 6) is -1.21. The molecule has 2 amide bonds. The van der Waals surface area contributed by atoms with E-state index in [-0.39, 0.29) is 10.0 Å². The summed E-state index contributed by atoms with van der Waals surface area (Å²) in [5.41, 5.74) is -1.12. The Hall–Kier alpha value is -1.57. The second kappa shape index (κ2) is 6.25. The highest BCUT2D eigenvalue weighted by Crippen LogP contribution is 2.31. The number of carbonyl (C=O) groups excluding carboxylic acids is 2. The number of likely N-dealkylation sites (N-methyl/N-ethyl adjacent to an activating group) is 1. The Morgan fingerprint density at radius 2 is 1.90 bits per heavy atom. The Labute approximate surface area is 121 Å². The molecule has 1 atom stereocenters. The normalized spacial score (nSPS) is 12.7. The minimum atomic E-state index is -4.54. The summed E-state index contributed by atoms with van der Waals surface area (Å²) in [6.45, 7) is 1.43. The molecule has 0 bridgehead atoms. The van der Waals surface area contributed by atoms with Crippen molar-refractivity contribution in [3.05, 3.63) is 33.8 Å². The lowest BCUT2D eigenvalue weighted by Gasteiger charge is -2.14. The molecule has 0 saturated carbocycles. The zero-order valence-corrected chi connectivity index (χ0v) is 12.2. The standard InChI is InChI=1S/C12H12BrF3N2O2/c1-6(10(19)17-2)18-11(20)8-5-7(12(14,15)16)3-4-9(8)13/h3-6H,1-2H3,(H,17,19)(H,18,20). The van der Waals surface area contributed by atoms with Crippen molar-refractivity contribution in [1.29, 1.82) is 0 Å². The fraction of sp³-hybridized carbons (Fsp3) is 0.333. The van der Waals surface area contributed by atoms with Gasteiger partial charge in [0, 0.05) is 11.5 Å². The zero-order valence-electron chi connectivity index (χ0n) is 10.6. The summed E-state index contributed by atoms with van der Waals surface area (Å²) in [7, 11) is 1.39. The number of carbonyl (C=O) groups is 2. The maximum atomic E-state index is 12.6. The SMILES string of the molecule is CNC(=O)C(C)NC(=O)c1cc(C(F)(F)F)ccc1Br. The van der Waals surface area contributed by atoms with Crippen LogP contribution in [0, 0.1) is 0 Å². The van der Waals surface area contributed by atoms with Crippen LogP contribution >= 0.6 is 15.9 Å². The van der Waals surface area contributed by atoms with E-state index in [1.807, 2.05) is 0 Å². The summed E-state index contributed by atoms with van der Waals surface area (Å²) < 4.78 is 38.0. The smallest absolute Gasteiger partial charge is 0.357 e. The lowest BCUT2D eigenvalue weighted by Crippen LogP contribution is -2.43. The van der Waals surface area contributed by atoms with Crippen LogP contribution < -0.4 is 10.6 Å². The fourth-order valence-corrected chi connectivity index (χ4v) is 1.86. The van der Waals surface area contributed by atoms with Gasteiger partial charge in [0.05, 0.1) is 11.1 Å². The fourth-order valence-electron chi connectivity index (χ4n) is 1.43. The van der Waals surface area contributed by atoms with Gasteiger partial charge in [0.15, 0.2) is 0 Å². The summed E-state index contributed by atoms with van der Waals surface area (Å²) in [6, 6.07) is 1.88. The largest absolute Gasteiger partial charge is 0.416 e. The summed E-state index contributed by atoms with van der Waals surface area (Å²) in [4.78, 5) is 23.2. The first-order chi connectivity index (χ1) is 9.16. The Morgan fingerprint density at radius 1 is 1.30 bits per heavy atom. The summed E-state index contributed by atoms with van der Waals surface area (Å²) in [5, 5.41) is 4.64. The Balaban J connectivity index is 3.01. The molecule has 4 nitrogen and oxygen atoms in total. The Bertz CT molecular complexity index is 532. The van der Waals surface area contributed by atoms with E-state index in [2.05, 4.69) is 26.6 Å². The van der Waals surface area contributed by atoms with E-state index in [0.29, 0.717) is 0 Å². The van der Waals surface area contributed by atoms with Crippen LogP contribution in [-0.4, -0.2) is 24.9 Å². The van der Waals surface area contributed by atoms with Gasteiger partial charge in [-0.1, -0.05) is 0 Å². The second-order valence-corrected chi connectivity index (χ2v) is 4.86. The maximum absolute atomic E-state index is 12.6. The third-order valence-electron chi connectivity index (χ3n) is 2.53. The van der Waals surface area contributed by atoms with Crippen molar-refractivity contribution >= 4 is 27.7 Å². The van der Waals surface area contributed by atoms with Gasteiger partial charge in [-0.05, 0) is 41.1 Å². The molecule has 0 heterocycles. The van der Waals surface area contributed by atoms with E-state index in [9.17, 15) is 22.8 Å². The molecule has 20 heavy (non-hydrogen) atoms. The van der Waals surface area contributed by atoms with Crippen molar-refractivity contribution in [2.45, 2.75) is 19.1 Å². The molecular formula is C12H12BrF3N2O2. The third-order valence-corrected chi connectivity index (χ3v) is 3.22. The number of hydrogen-bond acceptors (Lipinski definition) is 2. The van der Waals surface area contributed by atoms with Crippen molar-refractivity contribution in [1.82, 2.24) is 10.6 Å². The highest BCUT2D eigenvalue weighted by atomic mass is 79.9. The highest BCUT2D eigenvalue weighted by molar-refractivity contribution is 9.10. The van der Waals surface area contributed by atoms with Crippen LogP contribution in [0.1, 0.15) is 22.8 Å². The van der Waals surface area contributed by atoms with Crippen molar-refractivity contribution in [3.8, 4) is 0 Å². The van der Waals surface area contributed by atoms with Crippen molar-refractivity contribution in [3.63, 3.8) is 0 Å². The minimum Gasteiger partial charge on any atom is -0.357 e. The number of rotatable bonds is 3. The van der Waals surface area contributed by atoms with Crippen LogP contribution in [-0.2, 0) is 11.0 Å². The van der Waals surface area contributed by atoms with Gasteiger partial charge in [-0.2, -0.15) is 13.2 Å². The lowest BCUT2D eigenvalue weighted by atomic mass is 10.1. The predicted octanol–water partition coefficient (Wildman–Crippen LogP) is 2.33. The molecule has 1 unspecified atom stereocenters. The van der Waals surface area contributed by atoms with Crippen LogP contribution in [0.4, 0.5) is 13.2 Å². The number of benzene rings is 1. The number of hydrogen-bond donors (Lipinski definition) is 2. The molecule has 0 aliphatic rings. The highest BCUT2D eigenvalue weighted by Gasteiger charge is 2.31. The molecule has 0 fully saturated rings. The monoisotopic (exact) mass is 352 g/mol. The molecule has 0 aliphatic heterocycles. The molecular weight excluding hydrogens is 341 g/mol. The Morgan fingerprint density at radius 3 is 2.40 bits per heavy atom. The Kier molecular flexibility index (Phi) is 5.15. The molecule has 1 aromatic rings. The van der Waals surface area contributed by atoms with Gasteiger partial charge < -0.3 is 10.6 Å². The number of amides is 2. The molecule has 1 rings (SSSR count). The first-order valence-corrected chi connectivity index (χ1v) is 6.35. The van der Waals surface area contributed by atoms with E-state index in [1.165, 1.54) is 14.0 Å². The first-order valence-electron chi connectivity index (χ1n) is 5.56. The maximum Gasteiger partial charge on any atom is 0.416 e. The molecule has 2 N–H and O–H groups in total. The van der Waals surface area contributed by atoms with Gasteiger partial charge in [-0.15, -0.1) is 0 Å². The van der Waals surface area contributed by atoms with Crippen LogP contribution in [0.25, 0.3) is 0 Å². The summed E-state index contributed by atoms with van der Waals surface area (Å²) in [6.07, 6.45) is -4.54. The summed E-state index contributed by atoms with van der Waals surface area (Å²) >= 11 is 3.01. The van der Waals surface area contributed by atoms with Crippen LogP contribution in [0.15, 0.2) is 22.7 Å². The average molecular weight is 353 g/mol. The molecule has 8 heteroatoms. The van der Waals surface area contributed by atoms with Crippen molar-refractivity contribution in [2.24, 2.45) is 0 Å². The second-order valence-electron chi connectivity index (χ2n) is 4.00. The third kappa shape index (κ3) is 3.96. The quantitative estimate of drug-likeness (QED) is 0.877. The molecule has 0 aromatic heterocycles. The number of alkyl halides is 3. The molecule has 0 aliphatic carbocycles. The van der Waals surface area contributed by atoms with Crippen molar-refractivity contribution < 1.29 is 22.8 Å². The minimum absolute atomic E-state index is 0.185. The number of halogens is 4. The van der Waals surface area contributed by atoms with Crippen LogP contribution in [0.2, 0.25) is 0 Å². The van der Waals surface area contributed by atoms with Gasteiger partial charge in [-0.3, -0.25) is 9.59 Å². The van der Waals surface area contributed by atoms with E-state index in [4.69, 9.17) is 0 Å². The first kappa shape index (κ1) is 16.5. The molecule has 0 radical (unpaired) electrons. The molecule has 110 valence electrons. The molecule has 1 aromatic carbocycles. The van der Waals surface area contributed by atoms with E-state index >= 15 is 0 Å². The van der Waals surface area contributed by atoms with Crippen molar-refractivity contribution in [2.75, 3.05) is 7.05 Å². The number of nitrogens with one attached hydrogen (secondary N) is 2. The van der Waals surface area contributed by atoms with E-state index in [1.54, 1.807) is 0 Å². The van der Waals surface area contributed by atoms with Gasteiger partial charge in [0.2, 0.25) is 5.91 Å². The van der Waals surface area contributed by atoms with E-state index < -0.39 is 29.6 Å². The van der Waals surface area contributed by atoms with Crippen LogP contribution in [0.3, 0.4) is 0 Å². The lowest BCUT2D eigenvalue weighted by molar-refractivity contribution is -0.137. The topological polar surface area (TPSA) is 58.2 Å². The van der Waals surface area contributed by atoms with Gasteiger partial charge in [-0.25, -0.2) is 0 Å². The van der Waals surface area contributed by atoms with Gasteiger partial charge >= 0.3 is 6.18 Å². The van der Waals surface area contributed by atoms with Gasteiger partial charge in [0.1, 0.15) is 6.04 Å².